The minimum Gasteiger partial charge on any atom is -0.361 e. The molecule has 1 aliphatic heterocycles. The Morgan fingerprint density at radius 2 is 1.73 bits per heavy atom. The quantitative estimate of drug-likeness (QED) is 0.567. The summed E-state index contributed by atoms with van der Waals surface area (Å²) in [6.45, 7) is 0.429. The second-order valence-electron chi connectivity index (χ2n) is 6.45. The molecule has 0 bridgehead atoms. The number of fused-ring (bicyclic) bond motifs is 2. The normalized spacial score (nSPS) is 13.3. The van der Waals surface area contributed by atoms with Crippen LogP contribution < -0.4 is 0 Å². The zero-order chi connectivity index (χ0) is 18.1. The standard InChI is InChI=1S/C21H17N3O2/c22-12-14-8-9-19-18(11-14)15(13-23-19)5-3-4-10-24-20(25)16-6-1-2-7-17(16)21(24)26/h1-2,6-9,11,13,23H,3-5,10H2. The van der Waals surface area contributed by atoms with Crippen LogP contribution in [0.25, 0.3) is 10.9 Å². The fourth-order valence-corrected chi connectivity index (χ4v) is 3.48. The van der Waals surface area contributed by atoms with Crippen LogP contribution in [0.3, 0.4) is 0 Å². The van der Waals surface area contributed by atoms with Crippen molar-refractivity contribution < 1.29 is 9.59 Å². The van der Waals surface area contributed by atoms with Gasteiger partial charge in [-0.25, -0.2) is 0 Å². The van der Waals surface area contributed by atoms with Crippen molar-refractivity contribution in [1.29, 1.82) is 5.26 Å². The number of carbonyl (C=O) groups is 2. The van der Waals surface area contributed by atoms with Gasteiger partial charge in [0.1, 0.15) is 0 Å². The molecule has 2 amide bonds. The maximum atomic E-state index is 12.3. The van der Waals surface area contributed by atoms with Crippen molar-refractivity contribution in [2.75, 3.05) is 6.54 Å². The van der Waals surface area contributed by atoms with Crippen molar-refractivity contribution in [3.63, 3.8) is 0 Å². The third-order valence-electron chi connectivity index (χ3n) is 4.85. The number of H-pyrrole nitrogens is 1. The molecular formula is C21H17N3O2. The Labute approximate surface area is 150 Å². The second-order valence-corrected chi connectivity index (χ2v) is 6.45. The van der Waals surface area contributed by atoms with E-state index in [-0.39, 0.29) is 11.8 Å². The topological polar surface area (TPSA) is 77.0 Å². The summed E-state index contributed by atoms with van der Waals surface area (Å²) in [4.78, 5) is 29.3. The molecule has 0 unspecified atom stereocenters. The molecule has 0 saturated heterocycles. The Bertz CT molecular complexity index is 1020. The van der Waals surface area contributed by atoms with E-state index in [1.807, 2.05) is 18.3 Å². The highest BCUT2D eigenvalue weighted by atomic mass is 16.2. The molecule has 0 radical (unpaired) electrons. The van der Waals surface area contributed by atoms with E-state index in [4.69, 9.17) is 5.26 Å². The van der Waals surface area contributed by atoms with Crippen LogP contribution in [0.2, 0.25) is 0 Å². The largest absolute Gasteiger partial charge is 0.361 e. The summed E-state index contributed by atoms with van der Waals surface area (Å²) in [5.74, 6) is -0.396. The van der Waals surface area contributed by atoms with Crippen molar-refractivity contribution in [3.05, 3.63) is 70.9 Å². The molecule has 0 saturated carbocycles. The summed E-state index contributed by atoms with van der Waals surface area (Å²) in [6.07, 6.45) is 4.40. The number of rotatable bonds is 5. The number of nitriles is 1. The van der Waals surface area contributed by atoms with E-state index in [0.717, 1.165) is 35.7 Å². The molecule has 128 valence electrons. The van der Waals surface area contributed by atoms with Crippen LogP contribution in [0.1, 0.15) is 44.7 Å². The molecule has 0 spiro atoms. The summed E-state index contributed by atoms with van der Waals surface area (Å²) in [5, 5.41) is 10.1. The molecule has 26 heavy (non-hydrogen) atoms. The first-order valence-corrected chi connectivity index (χ1v) is 8.64. The molecule has 4 rings (SSSR count). The Balaban J connectivity index is 1.39. The van der Waals surface area contributed by atoms with E-state index in [1.54, 1.807) is 30.3 Å². The van der Waals surface area contributed by atoms with Gasteiger partial charge in [-0.15, -0.1) is 0 Å². The average molecular weight is 343 g/mol. The van der Waals surface area contributed by atoms with E-state index in [1.165, 1.54) is 4.90 Å². The fourth-order valence-electron chi connectivity index (χ4n) is 3.48. The minimum absolute atomic E-state index is 0.198. The second kappa shape index (κ2) is 6.49. The van der Waals surface area contributed by atoms with Crippen molar-refractivity contribution in [1.82, 2.24) is 9.88 Å². The molecule has 0 atom stereocenters. The lowest BCUT2D eigenvalue weighted by Crippen LogP contribution is -2.30. The predicted octanol–water partition coefficient (Wildman–Crippen LogP) is 3.66. The highest BCUT2D eigenvalue weighted by molar-refractivity contribution is 6.21. The fraction of sp³-hybridized carbons (Fsp3) is 0.190. The van der Waals surface area contributed by atoms with Gasteiger partial charge in [-0.1, -0.05) is 12.1 Å². The van der Waals surface area contributed by atoms with Gasteiger partial charge in [-0.3, -0.25) is 14.5 Å². The number of carbonyl (C=O) groups excluding carboxylic acids is 2. The van der Waals surface area contributed by atoms with Crippen molar-refractivity contribution in [2.24, 2.45) is 0 Å². The van der Waals surface area contributed by atoms with E-state index < -0.39 is 0 Å². The van der Waals surface area contributed by atoms with Crippen LogP contribution in [0.15, 0.2) is 48.7 Å². The number of hydrogen-bond donors (Lipinski definition) is 1. The summed E-state index contributed by atoms with van der Waals surface area (Å²) >= 11 is 0. The number of imide groups is 1. The first kappa shape index (κ1) is 16.1. The SMILES string of the molecule is N#Cc1ccc2[nH]cc(CCCCN3C(=O)c4ccccc4C3=O)c2c1. The molecule has 5 heteroatoms. The van der Waals surface area contributed by atoms with Gasteiger partial charge in [0.2, 0.25) is 0 Å². The minimum atomic E-state index is -0.198. The number of unbranched alkanes of at least 4 members (excludes halogenated alkanes) is 1. The van der Waals surface area contributed by atoms with Gasteiger partial charge in [-0.05, 0) is 55.2 Å². The van der Waals surface area contributed by atoms with Gasteiger partial charge in [0, 0.05) is 23.6 Å². The number of benzene rings is 2. The van der Waals surface area contributed by atoms with Gasteiger partial charge in [0.15, 0.2) is 0 Å². The Kier molecular flexibility index (Phi) is 4.02. The number of nitrogens with one attached hydrogen (secondary N) is 1. The molecule has 5 nitrogen and oxygen atoms in total. The van der Waals surface area contributed by atoms with Gasteiger partial charge >= 0.3 is 0 Å². The van der Waals surface area contributed by atoms with Crippen LogP contribution in [-0.2, 0) is 6.42 Å². The highest BCUT2D eigenvalue weighted by Gasteiger charge is 2.34. The third-order valence-corrected chi connectivity index (χ3v) is 4.85. The Morgan fingerprint density at radius 3 is 2.42 bits per heavy atom. The first-order chi connectivity index (χ1) is 12.7. The number of aromatic nitrogens is 1. The number of nitrogens with zero attached hydrogens (tertiary/aromatic N) is 2. The lowest BCUT2D eigenvalue weighted by Gasteiger charge is -2.13. The number of amides is 2. The maximum absolute atomic E-state index is 12.3. The molecule has 2 aromatic carbocycles. The molecule has 2 heterocycles. The molecule has 1 N–H and O–H groups in total. The summed E-state index contributed by atoms with van der Waals surface area (Å²) in [5.41, 5.74) is 3.81. The van der Waals surface area contributed by atoms with Gasteiger partial charge in [-0.2, -0.15) is 5.26 Å². The van der Waals surface area contributed by atoms with Crippen molar-refractivity contribution in [2.45, 2.75) is 19.3 Å². The van der Waals surface area contributed by atoms with Crippen molar-refractivity contribution >= 4 is 22.7 Å². The van der Waals surface area contributed by atoms with Crippen molar-refractivity contribution in [3.8, 4) is 6.07 Å². The number of aromatic amines is 1. The summed E-state index contributed by atoms with van der Waals surface area (Å²) in [7, 11) is 0. The predicted molar refractivity (Wildman–Crippen MR) is 97.8 cm³/mol. The van der Waals surface area contributed by atoms with Crippen LogP contribution >= 0.6 is 0 Å². The zero-order valence-electron chi connectivity index (χ0n) is 14.2. The molecule has 1 aromatic heterocycles. The third kappa shape index (κ3) is 2.66. The lowest BCUT2D eigenvalue weighted by atomic mass is 10.1. The van der Waals surface area contributed by atoms with E-state index in [9.17, 15) is 9.59 Å². The van der Waals surface area contributed by atoms with Crippen LogP contribution in [0.5, 0.6) is 0 Å². The highest BCUT2D eigenvalue weighted by Crippen LogP contribution is 2.24. The van der Waals surface area contributed by atoms with Crippen LogP contribution in [0.4, 0.5) is 0 Å². The Hall–Kier alpha value is -3.39. The van der Waals surface area contributed by atoms with Gasteiger partial charge < -0.3 is 4.98 Å². The van der Waals surface area contributed by atoms with E-state index >= 15 is 0 Å². The van der Waals surface area contributed by atoms with E-state index in [0.29, 0.717) is 23.2 Å². The maximum Gasteiger partial charge on any atom is 0.261 e. The zero-order valence-corrected chi connectivity index (χ0v) is 14.2. The van der Waals surface area contributed by atoms with Crippen LogP contribution in [0, 0.1) is 11.3 Å². The average Bonchev–Trinajstić information content (AvgIpc) is 3.19. The molecule has 3 aromatic rings. The summed E-state index contributed by atoms with van der Waals surface area (Å²) < 4.78 is 0. The number of hydrogen-bond acceptors (Lipinski definition) is 3. The first-order valence-electron chi connectivity index (χ1n) is 8.64. The van der Waals surface area contributed by atoms with E-state index in [2.05, 4.69) is 11.1 Å². The lowest BCUT2D eigenvalue weighted by molar-refractivity contribution is 0.0652. The molecular weight excluding hydrogens is 326 g/mol. The molecule has 0 aliphatic carbocycles. The smallest absolute Gasteiger partial charge is 0.261 e. The Morgan fingerprint density at radius 1 is 1.00 bits per heavy atom. The molecule has 0 fully saturated rings. The monoisotopic (exact) mass is 343 g/mol. The molecule has 1 aliphatic rings. The summed E-state index contributed by atoms with van der Waals surface area (Å²) in [6, 6.07) is 14.7. The number of aryl methyl sites for hydroxylation is 1. The van der Waals surface area contributed by atoms with Crippen LogP contribution in [-0.4, -0.2) is 28.2 Å². The van der Waals surface area contributed by atoms with Gasteiger partial charge in [0.25, 0.3) is 11.8 Å². The van der Waals surface area contributed by atoms with Gasteiger partial charge in [0.05, 0.1) is 22.8 Å².